The van der Waals surface area contributed by atoms with Gasteiger partial charge in [-0.2, -0.15) is 16.8 Å². The summed E-state index contributed by atoms with van der Waals surface area (Å²) in [6.45, 7) is 13.2. The molecule has 0 bridgehead atoms. The molecule has 0 amide bonds. The molecule has 0 unspecified atom stereocenters. The van der Waals surface area contributed by atoms with Crippen molar-refractivity contribution in [3.8, 4) is 0 Å². The van der Waals surface area contributed by atoms with Gasteiger partial charge in [0.15, 0.2) is 16.7 Å². The predicted octanol–water partition coefficient (Wildman–Crippen LogP) is 6.12. The number of fused-ring (bicyclic) bond motifs is 2. The first kappa shape index (κ1) is 34.5. The van der Waals surface area contributed by atoms with Crippen LogP contribution in [0.4, 0.5) is 17.1 Å². The molecule has 45 heavy (non-hydrogen) atoms. The molecule has 15 heteroatoms. The molecule has 1 aliphatic heterocycles. The van der Waals surface area contributed by atoms with E-state index in [-0.39, 0.29) is 24.3 Å². The molecule has 1 aromatic heterocycles. The maximum absolute atomic E-state index is 11.4. The first-order valence-corrected chi connectivity index (χ1v) is 18.2. The maximum Gasteiger partial charge on any atom is 0.282 e. The molecule has 2 heterocycles. The third kappa shape index (κ3) is 8.26. The highest BCUT2D eigenvalue weighted by molar-refractivity contribution is 7.86. The number of allylic oxidation sites excluding steroid dienone is 4. The van der Waals surface area contributed by atoms with Crippen LogP contribution < -0.4 is 14.4 Å². The molecule has 0 spiro atoms. The van der Waals surface area contributed by atoms with Crippen LogP contribution >= 0.6 is 23.2 Å². The van der Waals surface area contributed by atoms with Gasteiger partial charge in [-0.05, 0) is 50.6 Å². The molecular weight excluding hydrogens is 661 g/mol. The minimum Gasteiger partial charge on any atom is -0.326 e. The Hall–Kier alpha value is -3.38. The quantitative estimate of drug-likeness (QED) is 0.0948. The molecule has 0 aliphatic carbocycles. The SMILES string of the molecule is [C-]#[N+]c1ccc2c(c1)n(CCCS(=O)(=O)O)c(/C=C/C=C/C=C1\N(CC)c3cc(Cl)c(Cl)cc3N1CCCS(=O)(=O)O)[n+]2CC. The van der Waals surface area contributed by atoms with Crippen LogP contribution in [0.25, 0.3) is 22.0 Å². The number of halogens is 2. The van der Waals surface area contributed by atoms with E-state index < -0.39 is 20.2 Å². The summed E-state index contributed by atoms with van der Waals surface area (Å²) in [5, 5.41) is 0.761. The van der Waals surface area contributed by atoms with Crippen molar-refractivity contribution in [1.82, 2.24) is 4.57 Å². The number of hydrogen-bond acceptors (Lipinski definition) is 6. The summed E-state index contributed by atoms with van der Waals surface area (Å²) in [5.74, 6) is 0.804. The van der Waals surface area contributed by atoms with Crippen molar-refractivity contribution in [2.24, 2.45) is 0 Å². The fourth-order valence-corrected chi connectivity index (χ4v) is 6.72. The van der Waals surface area contributed by atoms with Gasteiger partial charge in [0.1, 0.15) is 5.82 Å². The van der Waals surface area contributed by atoms with Crippen LogP contribution in [0.1, 0.15) is 32.5 Å². The number of hydrogen-bond donors (Lipinski definition) is 2. The lowest BCUT2D eigenvalue weighted by molar-refractivity contribution is -0.670. The van der Waals surface area contributed by atoms with Gasteiger partial charge in [0, 0.05) is 25.6 Å². The first-order chi connectivity index (χ1) is 21.3. The second kappa shape index (κ2) is 14.4. The van der Waals surface area contributed by atoms with Crippen LogP contribution in [0.3, 0.4) is 0 Å². The topological polar surface area (TPSA) is 128 Å². The van der Waals surface area contributed by atoms with E-state index in [0.29, 0.717) is 41.9 Å². The summed E-state index contributed by atoms with van der Waals surface area (Å²) in [7, 11) is -8.25. The number of nitrogens with zero attached hydrogens (tertiary/aromatic N) is 5. The van der Waals surface area contributed by atoms with Crippen molar-refractivity contribution in [1.29, 1.82) is 0 Å². The lowest BCUT2D eigenvalue weighted by Crippen LogP contribution is -2.35. The Morgan fingerprint density at radius 2 is 1.51 bits per heavy atom. The van der Waals surface area contributed by atoms with E-state index in [1.807, 2.05) is 64.7 Å². The molecule has 11 nitrogen and oxygen atoms in total. The number of anilines is 2. The van der Waals surface area contributed by atoms with Gasteiger partial charge in [0.2, 0.25) is 0 Å². The zero-order valence-electron chi connectivity index (χ0n) is 24.8. The molecule has 0 fully saturated rings. The Kier molecular flexibility index (Phi) is 11.0. The normalized spacial score (nSPS) is 14.8. The van der Waals surface area contributed by atoms with Crippen molar-refractivity contribution < 1.29 is 30.5 Å². The lowest BCUT2D eigenvalue weighted by atomic mass is 10.2. The summed E-state index contributed by atoms with van der Waals surface area (Å²) < 4.78 is 68.0. The first-order valence-electron chi connectivity index (χ1n) is 14.2. The molecule has 0 atom stereocenters. The highest BCUT2D eigenvalue weighted by Gasteiger charge is 2.31. The smallest absolute Gasteiger partial charge is 0.282 e. The highest BCUT2D eigenvalue weighted by atomic mass is 35.5. The molecule has 2 aromatic carbocycles. The van der Waals surface area contributed by atoms with E-state index in [4.69, 9.17) is 29.8 Å². The number of benzene rings is 2. The largest absolute Gasteiger partial charge is 0.326 e. The lowest BCUT2D eigenvalue weighted by Gasteiger charge is -2.24. The molecule has 240 valence electrons. The van der Waals surface area contributed by atoms with Gasteiger partial charge >= 0.3 is 0 Å². The Labute approximate surface area is 273 Å². The molecule has 3 aromatic rings. The van der Waals surface area contributed by atoms with Crippen molar-refractivity contribution in [2.75, 3.05) is 34.4 Å². The molecule has 2 N–H and O–H groups in total. The van der Waals surface area contributed by atoms with E-state index in [9.17, 15) is 25.9 Å². The number of imidazole rings is 1. The van der Waals surface area contributed by atoms with E-state index in [1.165, 1.54) is 0 Å². The fraction of sp³-hybridized carbons (Fsp3) is 0.333. The van der Waals surface area contributed by atoms with Crippen molar-refractivity contribution in [3.05, 3.63) is 87.7 Å². The minimum atomic E-state index is -4.12. The monoisotopic (exact) mass is 694 g/mol. The van der Waals surface area contributed by atoms with Gasteiger partial charge in [0.25, 0.3) is 26.1 Å². The Morgan fingerprint density at radius 3 is 2.09 bits per heavy atom. The molecule has 0 saturated heterocycles. The van der Waals surface area contributed by atoms with Crippen LogP contribution in [-0.2, 0) is 33.3 Å². The average molecular weight is 696 g/mol. The average Bonchev–Trinajstić information content (AvgIpc) is 3.41. The molecular formula is C30H34Cl2N5O6S2+. The van der Waals surface area contributed by atoms with Gasteiger partial charge in [0.05, 0.1) is 52.6 Å². The van der Waals surface area contributed by atoms with Crippen molar-refractivity contribution in [3.63, 3.8) is 0 Å². The van der Waals surface area contributed by atoms with Crippen molar-refractivity contribution >= 4 is 77.6 Å². The van der Waals surface area contributed by atoms with Crippen molar-refractivity contribution in [2.45, 2.75) is 39.8 Å². The Balaban J connectivity index is 1.68. The summed E-state index contributed by atoms with van der Waals surface area (Å²) >= 11 is 12.7. The summed E-state index contributed by atoms with van der Waals surface area (Å²) in [5.41, 5.74) is 3.73. The summed E-state index contributed by atoms with van der Waals surface area (Å²) in [6.07, 6.45) is 9.69. The standard InChI is InChI=1S/C30H33Cl2N5O6S2/c1-4-34-25-14-13-22(33-3)19-26(25)36(15-9-17-44(38,39)40)29(34)11-7-6-8-12-30-35(5-2)27-20-23(31)24(32)21-28(27)37(30)16-10-18-45(41,42)43/h6-8,11-14,19-21H,4-5,9-10,15-18H2,1-2H3,(H-,38,39,40,41,42,43)/p+1. The minimum absolute atomic E-state index is 0.186. The zero-order valence-corrected chi connectivity index (χ0v) is 27.9. The third-order valence-electron chi connectivity index (χ3n) is 7.29. The zero-order chi connectivity index (χ0) is 32.9. The fourth-order valence-electron chi connectivity index (χ4n) is 5.42. The van der Waals surface area contributed by atoms with Crippen LogP contribution in [0.15, 0.2) is 60.5 Å². The van der Waals surface area contributed by atoms with Crippen LogP contribution in [0.5, 0.6) is 0 Å². The summed E-state index contributed by atoms with van der Waals surface area (Å²) in [4.78, 5) is 7.51. The Morgan fingerprint density at radius 1 is 0.889 bits per heavy atom. The predicted molar refractivity (Wildman–Crippen MR) is 179 cm³/mol. The van der Waals surface area contributed by atoms with E-state index >= 15 is 0 Å². The van der Waals surface area contributed by atoms with Gasteiger partial charge in [-0.3, -0.25) is 9.11 Å². The molecule has 0 radical (unpaired) electrons. The number of aromatic nitrogens is 2. The van der Waals surface area contributed by atoms with Gasteiger partial charge in [-0.1, -0.05) is 47.5 Å². The van der Waals surface area contributed by atoms with Gasteiger partial charge < -0.3 is 9.80 Å². The van der Waals surface area contributed by atoms with E-state index in [0.717, 1.165) is 34.1 Å². The number of aryl methyl sites for hydroxylation is 2. The van der Waals surface area contributed by atoms with E-state index in [2.05, 4.69) is 9.41 Å². The molecule has 1 aliphatic rings. The third-order valence-corrected chi connectivity index (χ3v) is 9.62. The van der Waals surface area contributed by atoms with E-state index in [1.54, 1.807) is 24.3 Å². The maximum atomic E-state index is 11.4. The van der Waals surface area contributed by atoms with Crippen LogP contribution in [0, 0.1) is 6.57 Å². The van der Waals surface area contributed by atoms with Gasteiger partial charge in [-0.25, -0.2) is 14.0 Å². The van der Waals surface area contributed by atoms with Crippen LogP contribution in [0.2, 0.25) is 10.0 Å². The van der Waals surface area contributed by atoms with Crippen LogP contribution in [-0.4, -0.2) is 55.1 Å². The Bertz CT molecular complexity index is 1950. The second-order valence-corrected chi connectivity index (χ2v) is 14.2. The second-order valence-electron chi connectivity index (χ2n) is 10.2. The molecule has 4 rings (SSSR count). The number of rotatable bonds is 13. The van der Waals surface area contributed by atoms with Gasteiger partial charge in [-0.15, -0.1) is 0 Å². The highest BCUT2D eigenvalue weighted by Crippen LogP contribution is 2.45. The summed E-state index contributed by atoms with van der Waals surface area (Å²) in [6, 6.07) is 8.89. The molecule has 0 saturated carbocycles.